The summed E-state index contributed by atoms with van der Waals surface area (Å²) in [6.07, 6.45) is 1.32. The fourth-order valence-electron chi connectivity index (χ4n) is 2.74. The lowest BCUT2D eigenvalue weighted by atomic mass is 10.1. The highest BCUT2D eigenvalue weighted by Gasteiger charge is 2.12. The molecule has 1 N–H and O–H groups in total. The van der Waals surface area contributed by atoms with Crippen LogP contribution in [0.4, 0.5) is 0 Å². The molecule has 0 radical (unpaired) electrons. The molecule has 0 bridgehead atoms. The molecule has 108 valence electrons. The van der Waals surface area contributed by atoms with Crippen LogP contribution in [0.15, 0.2) is 0 Å². The van der Waals surface area contributed by atoms with Crippen LogP contribution in [0.2, 0.25) is 0 Å². The van der Waals surface area contributed by atoms with Gasteiger partial charge in [0.05, 0.1) is 0 Å². The summed E-state index contributed by atoms with van der Waals surface area (Å²) in [5, 5.41) is 3.41. The zero-order valence-corrected chi connectivity index (χ0v) is 12.9. The van der Waals surface area contributed by atoms with Crippen LogP contribution in [0.1, 0.15) is 34.1 Å². The first-order valence-electron chi connectivity index (χ1n) is 7.73. The first kappa shape index (κ1) is 15.9. The molecular formula is C15H33N3. The van der Waals surface area contributed by atoms with Gasteiger partial charge in [-0.3, -0.25) is 0 Å². The summed E-state index contributed by atoms with van der Waals surface area (Å²) in [6.45, 7) is 19.1. The maximum atomic E-state index is 3.41. The summed E-state index contributed by atoms with van der Waals surface area (Å²) in [5.41, 5.74) is 0. The minimum absolute atomic E-state index is 0.780. The molecule has 0 atom stereocenters. The van der Waals surface area contributed by atoms with Gasteiger partial charge in [-0.05, 0) is 31.3 Å². The third-order valence-electron chi connectivity index (χ3n) is 3.40. The van der Waals surface area contributed by atoms with Crippen molar-refractivity contribution in [3.8, 4) is 0 Å². The molecule has 0 aromatic carbocycles. The van der Waals surface area contributed by atoms with Crippen molar-refractivity contribution in [3.63, 3.8) is 0 Å². The van der Waals surface area contributed by atoms with Gasteiger partial charge in [0.1, 0.15) is 0 Å². The third-order valence-corrected chi connectivity index (χ3v) is 3.40. The van der Waals surface area contributed by atoms with Gasteiger partial charge in [0.15, 0.2) is 0 Å². The van der Waals surface area contributed by atoms with Crippen molar-refractivity contribution < 1.29 is 0 Å². The number of nitrogens with zero attached hydrogens (tertiary/aromatic N) is 2. The average molecular weight is 255 g/mol. The minimum atomic E-state index is 0.780. The van der Waals surface area contributed by atoms with Gasteiger partial charge in [0, 0.05) is 39.3 Å². The lowest BCUT2D eigenvalue weighted by Crippen LogP contribution is -2.44. The van der Waals surface area contributed by atoms with Crippen molar-refractivity contribution in [1.29, 1.82) is 0 Å². The van der Waals surface area contributed by atoms with Crippen LogP contribution in [-0.4, -0.2) is 62.2 Å². The number of hydrogen-bond acceptors (Lipinski definition) is 3. The summed E-state index contributed by atoms with van der Waals surface area (Å²) >= 11 is 0. The fraction of sp³-hybridized carbons (Fsp3) is 1.00. The first-order valence-corrected chi connectivity index (χ1v) is 7.73. The Bertz CT molecular complexity index is 188. The van der Waals surface area contributed by atoms with E-state index in [2.05, 4.69) is 42.8 Å². The van der Waals surface area contributed by atoms with Gasteiger partial charge in [0.2, 0.25) is 0 Å². The number of piperazine rings is 1. The molecule has 1 rings (SSSR count). The van der Waals surface area contributed by atoms with E-state index in [1.807, 2.05) is 0 Å². The van der Waals surface area contributed by atoms with Gasteiger partial charge in [0.25, 0.3) is 0 Å². The first-order chi connectivity index (χ1) is 8.58. The maximum Gasteiger partial charge on any atom is 0.0107 e. The van der Waals surface area contributed by atoms with E-state index < -0.39 is 0 Å². The van der Waals surface area contributed by atoms with E-state index in [0.717, 1.165) is 11.8 Å². The molecule has 18 heavy (non-hydrogen) atoms. The molecule has 0 unspecified atom stereocenters. The Labute approximate surface area is 114 Å². The molecule has 1 saturated heterocycles. The smallest absolute Gasteiger partial charge is 0.0107 e. The Morgan fingerprint density at radius 1 is 1.00 bits per heavy atom. The molecule has 1 aliphatic rings. The van der Waals surface area contributed by atoms with Crippen LogP contribution in [0, 0.1) is 11.8 Å². The van der Waals surface area contributed by atoms with Crippen LogP contribution in [-0.2, 0) is 0 Å². The molecule has 1 aliphatic heterocycles. The lowest BCUT2D eigenvalue weighted by molar-refractivity contribution is 0.188. The predicted molar refractivity (Wildman–Crippen MR) is 80.0 cm³/mol. The average Bonchev–Trinajstić information content (AvgIpc) is 2.28. The van der Waals surface area contributed by atoms with Gasteiger partial charge in [-0.1, -0.05) is 27.7 Å². The number of rotatable bonds is 8. The summed E-state index contributed by atoms with van der Waals surface area (Å²) < 4.78 is 0. The Morgan fingerprint density at radius 3 is 2.06 bits per heavy atom. The SMILES string of the molecule is CC(C)CN(CCCN1CCNCC1)CC(C)C. The van der Waals surface area contributed by atoms with E-state index in [1.165, 1.54) is 58.8 Å². The number of nitrogens with one attached hydrogen (secondary N) is 1. The highest BCUT2D eigenvalue weighted by molar-refractivity contribution is 4.69. The second-order valence-electron chi connectivity index (χ2n) is 6.49. The maximum absolute atomic E-state index is 3.41. The van der Waals surface area contributed by atoms with Crippen LogP contribution in [0.3, 0.4) is 0 Å². The number of hydrogen-bond donors (Lipinski definition) is 1. The Kier molecular flexibility index (Phi) is 7.87. The van der Waals surface area contributed by atoms with E-state index in [-0.39, 0.29) is 0 Å². The topological polar surface area (TPSA) is 18.5 Å². The Balaban J connectivity index is 2.18. The van der Waals surface area contributed by atoms with E-state index in [9.17, 15) is 0 Å². The standard InChI is InChI=1S/C15H33N3/c1-14(2)12-18(13-15(3)4)9-5-8-17-10-6-16-7-11-17/h14-16H,5-13H2,1-4H3. The monoisotopic (exact) mass is 255 g/mol. The zero-order valence-electron chi connectivity index (χ0n) is 12.9. The normalized spacial score (nSPS) is 18.2. The fourth-order valence-corrected chi connectivity index (χ4v) is 2.74. The highest BCUT2D eigenvalue weighted by Crippen LogP contribution is 2.05. The van der Waals surface area contributed by atoms with Crippen molar-refractivity contribution in [2.45, 2.75) is 34.1 Å². The third kappa shape index (κ3) is 7.34. The molecule has 0 aromatic rings. The van der Waals surface area contributed by atoms with Crippen LogP contribution in [0.25, 0.3) is 0 Å². The summed E-state index contributed by atoms with van der Waals surface area (Å²) in [5.74, 6) is 1.56. The zero-order chi connectivity index (χ0) is 13.4. The molecule has 0 aromatic heterocycles. The highest BCUT2D eigenvalue weighted by atomic mass is 15.2. The molecule has 3 heteroatoms. The van der Waals surface area contributed by atoms with Crippen molar-refractivity contribution in [3.05, 3.63) is 0 Å². The largest absolute Gasteiger partial charge is 0.314 e. The molecule has 0 aliphatic carbocycles. The second-order valence-corrected chi connectivity index (χ2v) is 6.49. The van der Waals surface area contributed by atoms with Gasteiger partial charge in [-0.15, -0.1) is 0 Å². The van der Waals surface area contributed by atoms with Crippen LogP contribution >= 0.6 is 0 Å². The summed E-state index contributed by atoms with van der Waals surface area (Å²) in [6, 6.07) is 0. The summed E-state index contributed by atoms with van der Waals surface area (Å²) in [7, 11) is 0. The molecule has 1 heterocycles. The minimum Gasteiger partial charge on any atom is -0.314 e. The van der Waals surface area contributed by atoms with Gasteiger partial charge in [-0.2, -0.15) is 0 Å². The second kappa shape index (κ2) is 8.89. The lowest BCUT2D eigenvalue weighted by Gasteiger charge is -2.30. The molecular weight excluding hydrogens is 222 g/mol. The van der Waals surface area contributed by atoms with Gasteiger partial charge < -0.3 is 15.1 Å². The van der Waals surface area contributed by atoms with Crippen molar-refractivity contribution in [1.82, 2.24) is 15.1 Å². The Hall–Kier alpha value is -0.120. The molecule has 0 spiro atoms. The van der Waals surface area contributed by atoms with Crippen molar-refractivity contribution in [2.75, 3.05) is 52.4 Å². The van der Waals surface area contributed by atoms with Crippen LogP contribution < -0.4 is 5.32 Å². The molecule has 0 saturated carbocycles. The molecule has 1 fully saturated rings. The Morgan fingerprint density at radius 2 is 1.56 bits per heavy atom. The molecule has 0 amide bonds. The van der Waals surface area contributed by atoms with E-state index in [1.54, 1.807) is 0 Å². The molecule has 3 nitrogen and oxygen atoms in total. The van der Waals surface area contributed by atoms with E-state index >= 15 is 0 Å². The van der Waals surface area contributed by atoms with Gasteiger partial charge >= 0.3 is 0 Å². The van der Waals surface area contributed by atoms with E-state index in [0.29, 0.717) is 0 Å². The quantitative estimate of drug-likeness (QED) is 0.714. The predicted octanol–water partition coefficient (Wildman–Crippen LogP) is 1.90. The van der Waals surface area contributed by atoms with E-state index in [4.69, 9.17) is 0 Å². The van der Waals surface area contributed by atoms with Gasteiger partial charge in [-0.25, -0.2) is 0 Å². The van der Waals surface area contributed by atoms with Crippen LogP contribution in [0.5, 0.6) is 0 Å². The van der Waals surface area contributed by atoms with Crippen molar-refractivity contribution in [2.24, 2.45) is 11.8 Å². The summed E-state index contributed by atoms with van der Waals surface area (Å²) in [4.78, 5) is 5.25. The van der Waals surface area contributed by atoms with Crippen molar-refractivity contribution >= 4 is 0 Å².